The summed E-state index contributed by atoms with van der Waals surface area (Å²) < 4.78 is 1.98. The Balaban J connectivity index is 2.34. The Morgan fingerprint density at radius 3 is 2.28 bits per heavy atom. The molecule has 1 atom stereocenters. The van der Waals surface area contributed by atoms with Crippen molar-refractivity contribution >= 4 is 0 Å². The van der Waals surface area contributed by atoms with E-state index < -0.39 is 6.10 Å². The number of hydrogen-bond donors (Lipinski definition) is 1. The molecule has 0 bridgehead atoms. The summed E-state index contributed by atoms with van der Waals surface area (Å²) in [7, 11) is 1.95. The molecule has 2 aromatic rings. The summed E-state index contributed by atoms with van der Waals surface area (Å²) in [5, 5.41) is 10.4. The van der Waals surface area contributed by atoms with Crippen LogP contribution < -0.4 is 0 Å². The van der Waals surface area contributed by atoms with E-state index in [9.17, 15) is 5.11 Å². The van der Waals surface area contributed by atoms with Gasteiger partial charge in [-0.05, 0) is 12.5 Å². The minimum absolute atomic E-state index is 0.356. The first-order valence-corrected chi connectivity index (χ1v) is 6.27. The van der Waals surface area contributed by atoms with E-state index in [0.717, 1.165) is 17.1 Å². The molecule has 0 spiro atoms. The second kappa shape index (κ2) is 4.94. The Hall–Kier alpha value is -1.61. The highest BCUT2D eigenvalue weighted by Crippen LogP contribution is 2.24. The molecule has 3 nitrogen and oxygen atoms in total. The fourth-order valence-electron chi connectivity index (χ4n) is 2.15. The first kappa shape index (κ1) is 12.8. The molecule has 0 saturated carbocycles. The molecule has 1 aromatic carbocycles. The van der Waals surface area contributed by atoms with Crippen molar-refractivity contribution in [3.8, 4) is 0 Å². The van der Waals surface area contributed by atoms with E-state index in [4.69, 9.17) is 0 Å². The van der Waals surface area contributed by atoms with E-state index in [2.05, 4.69) is 18.8 Å². The first-order chi connectivity index (χ1) is 8.50. The first-order valence-electron chi connectivity index (χ1n) is 6.27. The number of imidazole rings is 1. The van der Waals surface area contributed by atoms with Gasteiger partial charge in [-0.2, -0.15) is 0 Å². The molecular weight excluding hydrogens is 224 g/mol. The van der Waals surface area contributed by atoms with Crippen LogP contribution in [-0.4, -0.2) is 14.7 Å². The van der Waals surface area contributed by atoms with Gasteiger partial charge in [0.05, 0.1) is 11.9 Å². The summed E-state index contributed by atoms with van der Waals surface area (Å²) in [6.07, 6.45) is 1.15. The normalized spacial score (nSPS) is 13.0. The molecule has 0 aliphatic rings. The number of hydrogen-bond acceptors (Lipinski definition) is 2. The molecule has 0 saturated heterocycles. The van der Waals surface area contributed by atoms with Crippen molar-refractivity contribution < 1.29 is 5.11 Å². The molecule has 3 heteroatoms. The van der Waals surface area contributed by atoms with Crippen molar-refractivity contribution in [3.05, 3.63) is 53.1 Å². The highest BCUT2D eigenvalue weighted by atomic mass is 16.3. The molecule has 96 valence electrons. The smallest absolute Gasteiger partial charge is 0.121 e. The van der Waals surface area contributed by atoms with Crippen molar-refractivity contribution in [1.82, 2.24) is 9.55 Å². The Morgan fingerprint density at radius 1 is 1.17 bits per heavy atom. The molecule has 1 heterocycles. The molecule has 18 heavy (non-hydrogen) atoms. The summed E-state index contributed by atoms with van der Waals surface area (Å²) in [4.78, 5) is 4.38. The number of aromatic nitrogens is 2. The van der Waals surface area contributed by atoms with Gasteiger partial charge in [0.15, 0.2) is 0 Å². The number of rotatable bonds is 3. The molecule has 1 N–H and O–H groups in total. The average molecular weight is 244 g/mol. The van der Waals surface area contributed by atoms with E-state index in [-0.39, 0.29) is 0 Å². The van der Waals surface area contributed by atoms with Gasteiger partial charge in [0.2, 0.25) is 0 Å². The minimum Gasteiger partial charge on any atom is -0.382 e. The number of nitrogens with zero attached hydrogens (tertiary/aromatic N) is 2. The highest BCUT2D eigenvalue weighted by Gasteiger charge is 2.17. The summed E-state index contributed by atoms with van der Waals surface area (Å²) in [6, 6.07) is 7.95. The zero-order valence-electron chi connectivity index (χ0n) is 11.4. The predicted octanol–water partition coefficient (Wildman–Crippen LogP) is 2.93. The summed E-state index contributed by atoms with van der Waals surface area (Å²) in [5.41, 5.74) is 2.93. The van der Waals surface area contributed by atoms with Crippen LogP contribution in [0, 0.1) is 6.92 Å². The number of aliphatic hydroxyl groups excluding tert-OH is 1. The lowest BCUT2D eigenvalue weighted by molar-refractivity contribution is 0.211. The molecule has 0 aliphatic carbocycles. The number of aliphatic hydroxyl groups is 1. The van der Waals surface area contributed by atoms with Crippen LogP contribution in [0.4, 0.5) is 0 Å². The van der Waals surface area contributed by atoms with E-state index >= 15 is 0 Å². The van der Waals surface area contributed by atoms with Crippen LogP contribution in [0.5, 0.6) is 0 Å². The highest BCUT2D eigenvalue weighted by molar-refractivity contribution is 5.28. The Morgan fingerprint density at radius 2 is 1.78 bits per heavy atom. The van der Waals surface area contributed by atoms with E-state index in [1.165, 1.54) is 5.56 Å². The molecular formula is C15H20N2O. The maximum atomic E-state index is 10.4. The third-order valence-corrected chi connectivity index (χ3v) is 3.25. The molecule has 0 unspecified atom stereocenters. The second-order valence-corrected chi connectivity index (χ2v) is 5.07. The van der Waals surface area contributed by atoms with Crippen LogP contribution in [0.15, 0.2) is 30.5 Å². The molecule has 0 radical (unpaired) electrons. The average Bonchev–Trinajstić information content (AvgIpc) is 2.71. The maximum absolute atomic E-state index is 10.4. The predicted molar refractivity (Wildman–Crippen MR) is 72.5 cm³/mol. The van der Waals surface area contributed by atoms with E-state index in [1.807, 2.05) is 42.8 Å². The van der Waals surface area contributed by atoms with Crippen LogP contribution in [0.2, 0.25) is 0 Å². The van der Waals surface area contributed by atoms with Crippen LogP contribution in [0.25, 0.3) is 0 Å². The summed E-state index contributed by atoms with van der Waals surface area (Å²) in [6.45, 7) is 6.24. The van der Waals surface area contributed by atoms with Crippen molar-refractivity contribution in [3.63, 3.8) is 0 Å². The molecule has 1 aromatic heterocycles. The summed E-state index contributed by atoms with van der Waals surface area (Å²) in [5.74, 6) is 1.35. The lowest BCUT2D eigenvalue weighted by Gasteiger charge is -2.14. The topological polar surface area (TPSA) is 38.1 Å². The SMILES string of the molecule is Cc1ccc([C@H](O)c2cnc(C(C)C)n2C)cc1. The van der Waals surface area contributed by atoms with Crippen molar-refractivity contribution in [1.29, 1.82) is 0 Å². The fraction of sp³-hybridized carbons (Fsp3) is 0.400. The van der Waals surface area contributed by atoms with Gasteiger partial charge in [-0.3, -0.25) is 0 Å². The Bertz CT molecular complexity index is 526. The molecule has 0 fully saturated rings. The minimum atomic E-state index is -0.615. The third kappa shape index (κ3) is 2.31. The molecule has 2 rings (SSSR count). The van der Waals surface area contributed by atoms with Crippen LogP contribution in [0.3, 0.4) is 0 Å². The van der Waals surface area contributed by atoms with Crippen LogP contribution in [-0.2, 0) is 7.05 Å². The van der Waals surface area contributed by atoms with Crippen LogP contribution in [0.1, 0.15) is 48.5 Å². The lowest BCUT2D eigenvalue weighted by atomic mass is 10.1. The van der Waals surface area contributed by atoms with Crippen molar-refractivity contribution in [2.75, 3.05) is 0 Å². The van der Waals surface area contributed by atoms with E-state index in [1.54, 1.807) is 6.20 Å². The lowest BCUT2D eigenvalue weighted by Crippen LogP contribution is -2.08. The van der Waals surface area contributed by atoms with Crippen molar-refractivity contribution in [2.45, 2.75) is 32.8 Å². The third-order valence-electron chi connectivity index (χ3n) is 3.25. The monoisotopic (exact) mass is 244 g/mol. The van der Waals surface area contributed by atoms with Gasteiger partial charge in [-0.1, -0.05) is 43.7 Å². The number of aryl methyl sites for hydroxylation is 1. The quantitative estimate of drug-likeness (QED) is 0.901. The van der Waals surface area contributed by atoms with Gasteiger partial charge in [0, 0.05) is 13.0 Å². The van der Waals surface area contributed by atoms with Crippen LogP contribution >= 0.6 is 0 Å². The van der Waals surface area contributed by atoms with Gasteiger partial charge in [0.25, 0.3) is 0 Å². The largest absolute Gasteiger partial charge is 0.382 e. The van der Waals surface area contributed by atoms with Gasteiger partial charge in [0.1, 0.15) is 11.9 Å². The molecule has 0 aliphatic heterocycles. The number of benzene rings is 1. The van der Waals surface area contributed by atoms with Gasteiger partial charge in [-0.15, -0.1) is 0 Å². The van der Waals surface area contributed by atoms with Gasteiger partial charge < -0.3 is 9.67 Å². The van der Waals surface area contributed by atoms with E-state index in [0.29, 0.717) is 5.92 Å². The standard InChI is InChI=1S/C15H20N2O/c1-10(2)15-16-9-13(17(15)4)14(18)12-7-5-11(3)6-8-12/h5-10,14,18H,1-4H3/t14-/m0/s1. The zero-order chi connectivity index (χ0) is 13.3. The van der Waals surface area contributed by atoms with Crippen molar-refractivity contribution in [2.24, 2.45) is 7.05 Å². The maximum Gasteiger partial charge on any atom is 0.121 e. The second-order valence-electron chi connectivity index (χ2n) is 5.07. The molecule has 0 amide bonds. The van der Waals surface area contributed by atoms with Gasteiger partial charge >= 0.3 is 0 Å². The Kier molecular flexibility index (Phi) is 3.53. The Labute approximate surface area is 108 Å². The fourth-order valence-corrected chi connectivity index (χ4v) is 2.15. The summed E-state index contributed by atoms with van der Waals surface area (Å²) >= 11 is 0. The van der Waals surface area contributed by atoms with Gasteiger partial charge in [-0.25, -0.2) is 4.98 Å². The zero-order valence-corrected chi connectivity index (χ0v) is 11.4.